The molecule has 0 radical (unpaired) electrons. The van der Waals surface area contributed by atoms with Crippen LogP contribution < -0.4 is 0 Å². The van der Waals surface area contributed by atoms with E-state index in [0.29, 0.717) is 12.8 Å². The molecule has 8 heteroatoms. The fourth-order valence-electron chi connectivity index (χ4n) is 8.29. The molecule has 8 nitrogen and oxygen atoms in total. The summed E-state index contributed by atoms with van der Waals surface area (Å²) in [5.74, 6) is -1.23. The molecule has 2 spiro atoms. The first-order valence-corrected chi connectivity index (χ1v) is 11.2. The van der Waals surface area contributed by atoms with Crippen molar-refractivity contribution in [3.63, 3.8) is 0 Å². The van der Waals surface area contributed by atoms with Gasteiger partial charge >= 0.3 is 11.9 Å². The third-order valence-corrected chi connectivity index (χ3v) is 9.53. The predicted octanol–water partition coefficient (Wildman–Crippen LogP) is 1.42. The van der Waals surface area contributed by atoms with Crippen molar-refractivity contribution in [2.24, 2.45) is 23.2 Å². The number of hydrogen-bond acceptors (Lipinski definition) is 8. The highest BCUT2D eigenvalue weighted by Crippen LogP contribution is 2.84. The Morgan fingerprint density at radius 2 is 2.00 bits per heavy atom. The molecule has 3 aliphatic carbocycles. The molecule has 0 N–H and O–H groups in total. The van der Waals surface area contributed by atoms with Gasteiger partial charge in [0, 0.05) is 23.8 Å². The monoisotopic (exact) mass is 427 g/mol. The molecule has 164 valence electrons. The molecule has 3 saturated heterocycles. The van der Waals surface area contributed by atoms with Crippen molar-refractivity contribution in [3.8, 4) is 6.07 Å². The van der Waals surface area contributed by atoms with Gasteiger partial charge in [0.05, 0.1) is 12.0 Å². The van der Waals surface area contributed by atoms with Crippen LogP contribution in [0, 0.1) is 34.5 Å². The van der Waals surface area contributed by atoms with E-state index in [9.17, 15) is 14.9 Å². The third kappa shape index (κ3) is 1.63. The van der Waals surface area contributed by atoms with Gasteiger partial charge in [-0.15, -0.1) is 0 Å². The molecule has 4 heterocycles. The summed E-state index contributed by atoms with van der Waals surface area (Å²) < 4.78 is 30.7. The number of epoxide rings is 3. The van der Waals surface area contributed by atoms with Crippen molar-refractivity contribution in [1.82, 2.24) is 0 Å². The topological polar surface area (TPSA) is 114 Å². The highest BCUT2D eigenvalue weighted by atomic mass is 16.8. The summed E-state index contributed by atoms with van der Waals surface area (Å²) in [5, 5.41) is 10.3. The zero-order valence-electron chi connectivity index (χ0n) is 18.0. The fraction of sp³-hybridized carbons (Fsp3) is 0.783. The molecule has 2 saturated carbocycles. The number of carbonyl (C=O) groups excluding carboxylic acids is 2. The lowest BCUT2D eigenvalue weighted by Crippen LogP contribution is -2.71. The number of ether oxygens (including phenoxy) is 5. The number of esters is 2. The lowest BCUT2D eigenvalue weighted by molar-refractivity contribution is -0.167. The Morgan fingerprint density at radius 1 is 1.23 bits per heavy atom. The van der Waals surface area contributed by atoms with Gasteiger partial charge in [-0.05, 0) is 24.3 Å². The average Bonchev–Trinajstić information content (AvgIpc) is 3.60. The van der Waals surface area contributed by atoms with E-state index in [4.69, 9.17) is 23.7 Å². The van der Waals surface area contributed by atoms with Crippen LogP contribution in [0.4, 0.5) is 0 Å². The van der Waals surface area contributed by atoms with E-state index in [0.717, 1.165) is 11.1 Å². The van der Waals surface area contributed by atoms with Crippen LogP contribution in [0.3, 0.4) is 0 Å². The number of rotatable bonds is 2. The summed E-state index contributed by atoms with van der Waals surface area (Å²) >= 11 is 0. The Bertz CT molecular complexity index is 1050. The molecule has 0 aromatic rings. The molecule has 5 fully saturated rings. The van der Waals surface area contributed by atoms with E-state index in [-0.39, 0.29) is 42.6 Å². The van der Waals surface area contributed by atoms with Gasteiger partial charge in [0.2, 0.25) is 0 Å². The molecule has 0 aromatic carbocycles. The van der Waals surface area contributed by atoms with E-state index in [1.807, 2.05) is 0 Å². The van der Waals surface area contributed by atoms with Crippen molar-refractivity contribution >= 4 is 11.9 Å². The summed E-state index contributed by atoms with van der Waals surface area (Å²) in [4.78, 5) is 24.5. The lowest BCUT2D eigenvalue weighted by Gasteiger charge is -2.55. The zero-order valence-corrected chi connectivity index (χ0v) is 18.0. The number of cyclic esters (lactones) is 1. The minimum atomic E-state index is -0.895. The number of nitriles is 1. The van der Waals surface area contributed by atoms with Crippen molar-refractivity contribution < 1.29 is 33.3 Å². The molecule has 10 atom stereocenters. The average molecular weight is 427 g/mol. The highest BCUT2D eigenvalue weighted by molar-refractivity contribution is 5.92. The van der Waals surface area contributed by atoms with Gasteiger partial charge in [-0.25, -0.2) is 4.79 Å². The minimum absolute atomic E-state index is 0.0934. The quantitative estimate of drug-likeness (QED) is 0.480. The van der Waals surface area contributed by atoms with Gasteiger partial charge in [-0.3, -0.25) is 4.79 Å². The summed E-state index contributed by atoms with van der Waals surface area (Å²) in [5.41, 5.74) is -1.05. The van der Waals surface area contributed by atoms with Gasteiger partial charge < -0.3 is 23.7 Å². The molecule has 31 heavy (non-hydrogen) atoms. The van der Waals surface area contributed by atoms with Crippen molar-refractivity contribution in [2.75, 3.05) is 6.61 Å². The molecule has 4 aliphatic heterocycles. The van der Waals surface area contributed by atoms with Crippen molar-refractivity contribution in [3.05, 3.63) is 11.1 Å². The largest absolute Gasteiger partial charge is 0.458 e. The van der Waals surface area contributed by atoms with Gasteiger partial charge in [0.1, 0.15) is 36.1 Å². The first-order valence-electron chi connectivity index (χ1n) is 11.2. The Labute approximate surface area is 179 Å². The number of fused-ring (bicyclic) bond motifs is 4. The Morgan fingerprint density at radius 3 is 2.68 bits per heavy atom. The molecular weight excluding hydrogens is 402 g/mol. The van der Waals surface area contributed by atoms with Crippen LogP contribution in [0.15, 0.2) is 11.1 Å². The molecule has 0 amide bonds. The van der Waals surface area contributed by atoms with Crippen LogP contribution in [0.1, 0.15) is 40.5 Å². The SMILES string of the molecule is CC(=O)O[C@@H]1[C@@]2(C(C)C)O[C@H]2[C@@H]2O[C@]23[C@]12O[C@H]2[C@H](C#N)[C@H]1C2=C(CC[C@@]13C)C(=O)OC2. The number of nitrogens with zero attached hydrogens (tertiary/aromatic N) is 1. The molecular formula is C23H25NO7. The first kappa shape index (κ1) is 18.6. The van der Waals surface area contributed by atoms with E-state index in [1.165, 1.54) is 6.92 Å². The number of carbonyl (C=O) groups is 2. The summed E-state index contributed by atoms with van der Waals surface area (Å²) in [6, 6.07) is 2.49. The maximum Gasteiger partial charge on any atom is 0.334 e. The van der Waals surface area contributed by atoms with Crippen LogP contribution in [0.25, 0.3) is 0 Å². The molecule has 0 bridgehead atoms. The van der Waals surface area contributed by atoms with Crippen LogP contribution in [-0.4, -0.2) is 59.8 Å². The zero-order chi connectivity index (χ0) is 21.7. The smallest absolute Gasteiger partial charge is 0.334 e. The summed E-state index contributed by atoms with van der Waals surface area (Å²) in [7, 11) is 0. The predicted molar refractivity (Wildman–Crippen MR) is 101 cm³/mol. The second-order valence-corrected chi connectivity index (χ2v) is 10.8. The van der Waals surface area contributed by atoms with Crippen LogP contribution in [0.5, 0.6) is 0 Å². The van der Waals surface area contributed by atoms with Gasteiger partial charge in [-0.2, -0.15) is 5.26 Å². The fourth-order valence-corrected chi connectivity index (χ4v) is 8.29. The maximum absolute atomic E-state index is 12.3. The molecule has 0 unspecified atom stereocenters. The maximum atomic E-state index is 12.3. The molecule has 0 aromatic heterocycles. The summed E-state index contributed by atoms with van der Waals surface area (Å²) in [6.45, 7) is 7.92. The highest BCUT2D eigenvalue weighted by Gasteiger charge is 3.02. The first-order chi connectivity index (χ1) is 14.7. The van der Waals surface area contributed by atoms with E-state index in [2.05, 4.69) is 26.8 Å². The summed E-state index contributed by atoms with van der Waals surface area (Å²) in [6.07, 6.45) is -0.118. The second-order valence-electron chi connectivity index (χ2n) is 10.8. The normalized spacial score (nSPS) is 56.7. The Kier molecular flexibility index (Phi) is 3.00. The number of hydrogen-bond donors (Lipinski definition) is 0. The Balaban J connectivity index is 1.43. The van der Waals surface area contributed by atoms with Crippen LogP contribution >= 0.6 is 0 Å². The Hall–Kier alpha value is -1.95. The minimum Gasteiger partial charge on any atom is -0.458 e. The van der Waals surface area contributed by atoms with Crippen molar-refractivity contribution in [1.29, 1.82) is 5.26 Å². The van der Waals surface area contributed by atoms with E-state index >= 15 is 0 Å². The van der Waals surface area contributed by atoms with E-state index in [1.54, 1.807) is 0 Å². The van der Waals surface area contributed by atoms with Crippen LogP contribution in [-0.2, 0) is 33.3 Å². The molecule has 7 rings (SSSR count). The van der Waals surface area contributed by atoms with E-state index < -0.39 is 40.3 Å². The lowest BCUT2D eigenvalue weighted by atomic mass is 9.44. The third-order valence-electron chi connectivity index (χ3n) is 9.53. The van der Waals surface area contributed by atoms with Crippen molar-refractivity contribution in [2.45, 2.75) is 81.8 Å². The standard InChI is InChI=1S/C23H25NO7/c1-9(2)21-16(29-21)17-23(31-17)20(4)6-5-11-13(8-27-18(11)26)14(20)12(7-24)15-22(23,30-15)19(21)28-10(3)25/h9,12,14-17,19H,5-6,8H2,1-4H3/t12-,14+,15+,16+,17+,19-,20+,21+,22-,23-/m1/s1. The molecule has 7 aliphatic rings. The second kappa shape index (κ2) is 5.00. The van der Waals surface area contributed by atoms with Gasteiger partial charge in [0.25, 0.3) is 0 Å². The van der Waals surface area contributed by atoms with Gasteiger partial charge in [-0.1, -0.05) is 20.8 Å². The van der Waals surface area contributed by atoms with Crippen LogP contribution in [0.2, 0.25) is 0 Å². The van der Waals surface area contributed by atoms with Gasteiger partial charge in [0.15, 0.2) is 11.7 Å².